The summed E-state index contributed by atoms with van der Waals surface area (Å²) >= 11 is 1.75. The smallest absolute Gasteiger partial charge is 0.124 e. The van der Waals surface area contributed by atoms with Gasteiger partial charge in [0, 0.05) is 15.8 Å². The van der Waals surface area contributed by atoms with E-state index in [2.05, 4.69) is 54.6 Å². The summed E-state index contributed by atoms with van der Waals surface area (Å²) in [5.41, 5.74) is 3.44. The molecule has 1 nitrogen and oxygen atoms in total. The van der Waals surface area contributed by atoms with Gasteiger partial charge in [0.25, 0.3) is 0 Å². The van der Waals surface area contributed by atoms with Gasteiger partial charge in [-0.1, -0.05) is 60.7 Å². The molecule has 0 aliphatic heterocycles. The Morgan fingerprint density at radius 3 is 2.05 bits per heavy atom. The van der Waals surface area contributed by atoms with E-state index in [9.17, 15) is 0 Å². The Morgan fingerprint density at radius 1 is 0.667 bits per heavy atom. The lowest BCUT2D eigenvalue weighted by atomic mass is 10.1. The molecular formula is C19H13NS. The second kappa shape index (κ2) is 5.15. The Bertz CT molecular complexity index is 842. The molecule has 0 atom stereocenters. The molecule has 2 aromatic carbocycles. The highest BCUT2D eigenvalue weighted by Crippen LogP contribution is 2.33. The number of hydrogen-bond acceptors (Lipinski definition) is 2. The molecule has 0 saturated carbocycles. The van der Waals surface area contributed by atoms with Gasteiger partial charge in [-0.3, -0.25) is 0 Å². The summed E-state index contributed by atoms with van der Waals surface area (Å²) < 4.78 is 0. The van der Waals surface area contributed by atoms with Crippen molar-refractivity contribution in [2.45, 2.75) is 0 Å². The van der Waals surface area contributed by atoms with Crippen LogP contribution in [0.25, 0.3) is 31.9 Å². The summed E-state index contributed by atoms with van der Waals surface area (Å²) in [5, 5.41) is 1.21. The number of nitrogens with zero attached hydrogens (tertiary/aromatic N) is 1. The second-order valence-electron chi connectivity index (χ2n) is 4.93. The molecule has 0 unspecified atom stereocenters. The van der Waals surface area contributed by atoms with Crippen LogP contribution in [-0.4, -0.2) is 4.98 Å². The number of aromatic nitrogens is 1. The number of rotatable bonds is 2. The minimum Gasteiger partial charge on any atom is -0.237 e. The van der Waals surface area contributed by atoms with E-state index in [0.29, 0.717) is 0 Å². The fourth-order valence-corrected chi connectivity index (χ4v) is 3.47. The molecule has 2 heteroatoms. The van der Waals surface area contributed by atoms with Crippen LogP contribution in [0.1, 0.15) is 0 Å². The molecule has 100 valence electrons. The van der Waals surface area contributed by atoms with Crippen LogP contribution >= 0.6 is 11.3 Å². The molecule has 0 aliphatic carbocycles. The molecule has 0 amide bonds. The van der Waals surface area contributed by atoms with Crippen molar-refractivity contribution in [3.05, 3.63) is 78.9 Å². The van der Waals surface area contributed by atoms with Gasteiger partial charge in [0.2, 0.25) is 0 Å². The van der Waals surface area contributed by atoms with Gasteiger partial charge in [0.15, 0.2) is 0 Å². The van der Waals surface area contributed by atoms with Gasteiger partial charge in [-0.2, -0.15) is 0 Å². The number of thiophene rings is 1. The molecule has 0 N–H and O–H groups in total. The molecule has 2 heterocycles. The molecule has 2 aromatic heterocycles. The fourth-order valence-electron chi connectivity index (χ4n) is 2.43. The number of pyridine rings is 1. The summed E-state index contributed by atoms with van der Waals surface area (Å²) in [6, 6.07) is 27.3. The first kappa shape index (κ1) is 12.3. The van der Waals surface area contributed by atoms with Crippen LogP contribution in [0, 0.1) is 0 Å². The summed E-state index contributed by atoms with van der Waals surface area (Å²) in [4.78, 5) is 7.17. The monoisotopic (exact) mass is 287 g/mol. The topological polar surface area (TPSA) is 12.9 Å². The standard InChI is InChI=1S/C19H13NS/c1-3-7-14(8-4-1)17-12-11-16-13-18(21-19(16)20-17)15-9-5-2-6-10-15/h1-13H. The summed E-state index contributed by atoms with van der Waals surface area (Å²) in [6.45, 7) is 0. The van der Waals surface area contributed by atoms with Crippen LogP contribution in [0.4, 0.5) is 0 Å². The largest absolute Gasteiger partial charge is 0.237 e. The van der Waals surface area contributed by atoms with E-state index in [1.165, 1.54) is 15.8 Å². The molecule has 4 rings (SSSR count). The summed E-state index contributed by atoms with van der Waals surface area (Å²) in [5.74, 6) is 0. The van der Waals surface area contributed by atoms with Crippen molar-refractivity contribution in [1.29, 1.82) is 0 Å². The number of hydrogen-bond donors (Lipinski definition) is 0. The van der Waals surface area contributed by atoms with E-state index in [0.717, 1.165) is 16.1 Å². The van der Waals surface area contributed by atoms with E-state index in [1.807, 2.05) is 24.3 Å². The average molecular weight is 287 g/mol. The van der Waals surface area contributed by atoms with Crippen molar-refractivity contribution in [1.82, 2.24) is 4.98 Å². The van der Waals surface area contributed by atoms with Crippen molar-refractivity contribution in [3.63, 3.8) is 0 Å². The minimum atomic E-state index is 1.03. The van der Waals surface area contributed by atoms with Crippen LogP contribution in [0.2, 0.25) is 0 Å². The van der Waals surface area contributed by atoms with Crippen LogP contribution < -0.4 is 0 Å². The molecule has 4 aromatic rings. The fraction of sp³-hybridized carbons (Fsp3) is 0. The minimum absolute atomic E-state index is 1.03. The van der Waals surface area contributed by atoms with Crippen molar-refractivity contribution < 1.29 is 0 Å². The molecule has 0 bridgehead atoms. The third-order valence-electron chi connectivity index (χ3n) is 3.51. The highest BCUT2D eigenvalue weighted by Gasteiger charge is 2.07. The van der Waals surface area contributed by atoms with Gasteiger partial charge in [-0.15, -0.1) is 11.3 Å². The summed E-state index contributed by atoms with van der Waals surface area (Å²) in [6.07, 6.45) is 0. The van der Waals surface area contributed by atoms with Crippen LogP contribution in [0.5, 0.6) is 0 Å². The van der Waals surface area contributed by atoms with E-state index in [1.54, 1.807) is 11.3 Å². The molecule has 0 fully saturated rings. The maximum absolute atomic E-state index is 4.81. The lowest BCUT2D eigenvalue weighted by Gasteiger charge is -1.99. The van der Waals surface area contributed by atoms with Crippen LogP contribution in [-0.2, 0) is 0 Å². The predicted molar refractivity (Wildman–Crippen MR) is 90.5 cm³/mol. The zero-order valence-electron chi connectivity index (χ0n) is 11.4. The normalized spacial score (nSPS) is 10.9. The highest BCUT2D eigenvalue weighted by molar-refractivity contribution is 7.21. The Balaban J connectivity index is 1.82. The van der Waals surface area contributed by atoms with E-state index >= 15 is 0 Å². The molecule has 0 aliphatic rings. The third-order valence-corrected chi connectivity index (χ3v) is 4.60. The Hall–Kier alpha value is -2.45. The maximum atomic E-state index is 4.81. The maximum Gasteiger partial charge on any atom is 0.124 e. The van der Waals surface area contributed by atoms with Crippen molar-refractivity contribution in [2.75, 3.05) is 0 Å². The van der Waals surface area contributed by atoms with E-state index in [4.69, 9.17) is 4.98 Å². The van der Waals surface area contributed by atoms with Gasteiger partial charge in [-0.25, -0.2) is 4.98 Å². The van der Waals surface area contributed by atoms with Crippen LogP contribution in [0.3, 0.4) is 0 Å². The Morgan fingerprint density at radius 2 is 1.33 bits per heavy atom. The molecule has 0 saturated heterocycles. The predicted octanol–water partition coefficient (Wildman–Crippen LogP) is 5.63. The average Bonchev–Trinajstić information content (AvgIpc) is 2.99. The van der Waals surface area contributed by atoms with Gasteiger partial charge in [-0.05, 0) is 23.8 Å². The first-order chi connectivity index (χ1) is 10.4. The number of fused-ring (bicyclic) bond motifs is 1. The first-order valence-corrected chi connectivity index (χ1v) is 7.73. The van der Waals surface area contributed by atoms with E-state index < -0.39 is 0 Å². The van der Waals surface area contributed by atoms with Gasteiger partial charge >= 0.3 is 0 Å². The highest BCUT2D eigenvalue weighted by atomic mass is 32.1. The van der Waals surface area contributed by atoms with Crippen molar-refractivity contribution in [3.8, 4) is 21.7 Å². The van der Waals surface area contributed by atoms with Crippen molar-refractivity contribution in [2.24, 2.45) is 0 Å². The van der Waals surface area contributed by atoms with Crippen LogP contribution in [0.15, 0.2) is 78.9 Å². The van der Waals surface area contributed by atoms with Gasteiger partial charge < -0.3 is 0 Å². The zero-order valence-corrected chi connectivity index (χ0v) is 12.2. The van der Waals surface area contributed by atoms with Gasteiger partial charge in [0.1, 0.15) is 4.83 Å². The Labute approximate surface area is 127 Å². The third kappa shape index (κ3) is 2.34. The Kier molecular flexibility index (Phi) is 3.02. The van der Waals surface area contributed by atoms with Gasteiger partial charge in [0.05, 0.1) is 5.69 Å². The number of benzene rings is 2. The lowest BCUT2D eigenvalue weighted by Crippen LogP contribution is -1.81. The molecular weight excluding hydrogens is 274 g/mol. The quantitative estimate of drug-likeness (QED) is 0.465. The lowest BCUT2D eigenvalue weighted by molar-refractivity contribution is 1.43. The second-order valence-corrected chi connectivity index (χ2v) is 5.96. The molecule has 21 heavy (non-hydrogen) atoms. The molecule has 0 radical (unpaired) electrons. The van der Waals surface area contributed by atoms with E-state index in [-0.39, 0.29) is 0 Å². The zero-order chi connectivity index (χ0) is 14.1. The first-order valence-electron chi connectivity index (χ1n) is 6.91. The molecule has 0 spiro atoms. The SMILES string of the molecule is c1ccc(-c2ccc3cc(-c4ccccc4)sc3n2)cc1. The van der Waals surface area contributed by atoms with Crippen molar-refractivity contribution >= 4 is 21.6 Å². The summed E-state index contributed by atoms with van der Waals surface area (Å²) in [7, 11) is 0.